The van der Waals surface area contributed by atoms with E-state index in [0.717, 1.165) is 11.6 Å². The van der Waals surface area contributed by atoms with E-state index >= 15 is 0 Å². The number of benzene rings is 1. The van der Waals surface area contributed by atoms with E-state index < -0.39 is 11.7 Å². The molecule has 1 aromatic carbocycles. The van der Waals surface area contributed by atoms with Crippen LogP contribution in [0.2, 0.25) is 0 Å². The van der Waals surface area contributed by atoms with Gasteiger partial charge < -0.3 is 7.43 Å². The zero-order valence-electron chi connectivity index (χ0n) is 8.20. The molecule has 0 nitrogen and oxygen atoms in total. The van der Waals surface area contributed by atoms with Crippen LogP contribution in [0.1, 0.15) is 16.7 Å². The molecule has 0 radical (unpaired) electrons. The molecule has 0 bridgehead atoms. The van der Waals surface area contributed by atoms with Crippen LogP contribution in [0.15, 0.2) is 12.1 Å². The SMILES string of the molecule is Cc1[c-]cc(C(F)(F)F)c(C)c1.[CH3-].[W+2]. The van der Waals surface area contributed by atoms with Crippen molar-refractivity contribution in [3.8, 4) is 0 Å². The summed E-state index contributed by atoms with van der Waals surface area (Å²) in [6.45, 7) is 3.16. The van der Waals surface area contributed by atoms with E-state index in [9.17, 15) is 13.2 Å². The molecular formula is C10H11F3W. The second-order valence-electron chi connectivity index (χ2n) is 2.71. The summed E-state index contributed by atoms with van der Waals surface area (Å²) in [5, 5.41) is 0. The average Bonchev–Trinajstić information content (AvgIpc) is 1.83. The molecule has 1 rings (SSSR count). The van der Waals surface area contributed by atoms with Crippen LogP contribution in [0.3, 0.4) is 0 Å². The normalized spacial score (nSPS) is 10.1. The third-order valence-corrected chi connectivity index (χ3v) is 1.61. The number of hydrogen-bond donors (Lipinski definition) is 0. The Kier molecular flexibility index (Phi) is 6.40. The van der Waals surface area contributed by atoms with E-state index in [1.165, 1.54) is 13.0 Å². The summed E-state index contributed by atoms with van der Waals surface area (Å²) < 4.78 is 36.5. The number of hydrogen-bond acceptors (Lipinski definition) is 0. The van der Waals surface area contributed by atoms with Crippen molar-refractivity contribution in [1.29, 1.82) is 0 Å². The molecule has 78 valence electrons. The molecule has 0 aliphatic carbocycles. The molecule has 0 N–H and O–H groups in total. The van der Waals surface area contributed by atoms with E-state index in [4.69, 9.17) is 0 Å². The maximum absolute atomic E-state index is 12.2. The Morgan fingerprint density at radius 2 is 1.71 bits per heavy atom. The van der Waals surface area contributed by atoms with Gasteiger partial charge in [0.15, 0.2) is 0 Å². The summed E-state index contributed by atoms with van der Waals surface area (Å²) >= 11 is 0. The Labute approximate surface area is 96.8 Å². The van der Waals surface area contributed by atoms with Crippen molar-refractivity contribution in [2.75, 3.05) is 0 Å². The van der Waals surface area contributed by atoms with Crippen molar-refractivity contribution in [3.05, 3.63) is 42.3 Å². The predicted octanol–water partition coefficient (Wildman–Crippen LogP) is 3.57. The molecule has 0 aromatic heterocycles. The van der Waals surface area contributed by atoms with Crippen LogP contribution in [-0.4, -0.2) is 0 Å². The van der Waals surface area contributed by atoms with Gasteiger partial charge in [0.05, 0.1) is 0 Å². The monoisotopic (exact) mass is 372 g/mol. The third-order valence-electron chi connectivity index (χ3n) is 1.61. The van der Waals surface area contributed by atoms with Crippen LogP contribution in [0.4, 0.5) is 13.2 Å². The molecule has 0 fully saturated rings. The summed E-state index contributed by atoms with van der Waals surface area (Å²) in [6, 6.07) is 4.99. The topological polar surface area (TPSA) is 0 Å². The first kappa shape index (κ1) is 16.1. The second kappa shape index (κ2) is 5.55. The maximum atomic E-state index is 12.2. The third kappa shape index (κ3) is 3.83. The van der Waals surface area contributed by atoms with Crippen LogP contribution in [0.25, 0.3) is 0 Å². The van der Waals surface area contributed by atoms with Gasteiger partial charge in [0, 0.05) is 0 Å². The zero-order valence-corrected chi connectivity index (χ0v) is 11.1. The molecule has 14 heavy (non-hydrogen) atoms. The minimum Gasteiger partial charge on any atom is -0.358 e. The maximum Gasteiger partial charge on any atom is 2.00 e. The van der Waals surface area contributed by atoms with Crippen LogP contribution in [0, 0.1) is 27.3 Å². The Bertz CT molecular complexity index is 292. The van der Waals surface area contributed by atoms with Gasteiger partial charge in [-0.2, -0.15) is 36.9 Å². The first-order valence-electron chi connectivity index (χ1n) is 3.47. The van der Waals surface area contributed by atoms with E-state index in [-0.39, 0.29) is 34.1 Å². The van der Waals surface area contributed by atoms with Crippen molar-refractivity contribution in [1.82, 2.24) is 0 Å². The van der Waals surface area contributed by atoms with Crippen LogP contribution in [0.5, 0.6) is 0 Å². The molecule has 0 aliphatic rings. The fourth-order valence-electron chi connectivity index (χ4n) is 1.05. The van der Waals surface area contributed by atoms with Crippen LogP contribution in [-0.2, 0) is 27.2 Å². The Morgan fingerprint density at radius 3 is 2.07 bits per heavy atom. The van der Waals surface area contributed by atoms with Gasteiger partial charge in [0.25, 0.3) is 0 Å². The molecule has 4 heteroatoms. The summed E-state index contributed by atoms with van der Waals surface area (Å²) in [7, 11) is 0. The number of rotatable bonds is 0. The van der Waals surface area contributed by atoms with Gasteiger partial charge in [-0.3, -0.25) is 0 Å². The molecule has 0 aliphatic heterocycles. The van der Waals surface area contributed by atoms with Crippen molar-refractivity contribution in [3.63, 3.8) is 0 Å². The largest absolute Gasteiger partial charge is 2.00 e. The molecule has 1 aromatic rings. The molecule has 0 atom stereocenters. The first-order valence-corrected chi connectivity index (χ1v) is 3.47. The fraction of sp³-hybridized carbons (Fsp3) is 0.300. The molecule has 0 unspecified atom stereocenters. The standard InChI is InChI=1S/C9H8F3.CH3.W/c1-6-3-4-8(7(2)5-6)9(10,11)12;;/h4-5H,1-2H3;1H3;/q2*-1;+2. The number of aryl methyl sites for hydroxylation is 2. The molecular weight excluding hydrogens is 361 g/mol. The fourth-order valence-corrected chi connectivity index (χ4v) is 1.05. The van der Waals surface area contributed by atoms with Crippen LogP contribution >= 0.6 is 0 Å². The van der Waals surface area contributed by atoms with Crippen molar-refractivity contribution < 1.29 is 34.2 Å². The van der Waals surface area contributed by atoms with Gasteiger partial charge in [0.1, 0.15) is 0 Å². The average molecular weight is 372 g/mol. The molecule has 0 saturated heterocycles. The Balaban J connectivity index is 0. The molecule has 0 amide bonds. The zero-order chi connectivity index (χ0) is 9.35. The molecule has 0 spiro atoms. The molecule has 0 saturated carbocycles. The second-order valence-corrected chi connectivity index (χ2v) is 2.71. The van der Waals surface area contributed by atoms with E-state index in [2.05, 4.69) is 6.07 Å². The summed E-state index contributed by atoms with van der Waals surface area (Å²) in [6.07, 6.45) is -4.26. The Hall–Kier alpha value is -0.302. The summed E-state index contributed by atoms with van der Waals surface area (Å²) in [4.78, 5) is 0. The number of halogens is 3. The minimum atomic E-state index is -4.26. The van der Waals surface area contributed by atoms with Crippen LogP contribution < -0.4 is 0 Å². The van der Waals surface area contributed by atoms with Gasteiger partial charge in [-0.15, -0.1) is 5.56 Å². The minimum absolute atomic E-state index is 0. The van der Waals surface area contributed by atoms with Crippen molar-refractivity contribution in [2.45, 2.75) is 20.0 Å². The van der Waals surface area contributed by atoms with Crippen molar-refractivity contribution in [2.24, 2.45) is 0 Å². The van der Waals surface area contributed by atoms with Gasteiger partial charge in [-0.1, -0.05) is 19.4 Å². The van der Waals surface area contributed by atoms with Gasteiger partial charge in [0.2, 0.25) is 0 Å². The van der Waals surface area contributed by atoms with Gasteiger partial charge >= 0.3 is 27.2 Å². The molecule has 0 heterocycles. The smallest absolute Gasteiger partial charge is 0.358 e. The number of alkyl halides is 3. The van der Waals surface area contributed by atoms with Gasteiger partial charge in [-0.05, 0) is 0 Å². The first-order chi connectivity index (χ1) is 5.41. The van der Waals surface area contributed by atoms with E-state index in [1.807, 2.05) is 0 Å². The quantitative estimate of drug-likeness (QED) is 0.611. The van der Waals surface area contributed by atoms with Crippen molar-refractivity contribution >= 4 is 0 Å². The Morgan fingerprint density at radius 1 is 1.21 bits per heavy atom. The predicted molar refractivity (Wildman–Crippen MR) is 46.2 cm³/mol. The van der Waals surface area contributed by atoms with E-state index in [0.29, 0.717) is 0 Å². The van der Waals surface area contributed by atoms with Gasteiger partial charge in [-0.25, -0.2) is 0 Å². The summed E-state index contributed by atoms with van der Waals surface area (Å²) in [5.74, 6) is 0. The van der Waals surface area contributed by atoms with E-state index in [1.54, 1.807) is 6.92 Å². The summed E-state index contributed by atoms with van der Waals surface area (Å²) in [5.41, 5.74) is 0.368.